The first-order valence-corrected chi connectivity index (χ1v) is 10.3. The molecule has 2 aromatic rings. The number of hydrogen-bond acceptors (Lipinski definition) is 4. The number of likely N-dealkylation sites (tertiary alicyclic amines) is 1. The summed E-state index contributed by atoms with van der Waals surface area (Å²) in [7, 11) is 1.71. The van der Waals surface area contributed by atoms with E-state index < -0.39 is 0 Å². The lowest BCUT2D eigenvalue weighted by molar-refractivity contribution is -0.130. The molecule has 0 spiro atoms. The van der Waals surface area contributed by atoms with Crippen molar-refractivity contribution in [2.75, 3.05) is 26.8 Å². The van der Waals surface area contributed by atoms with Crippen molar-refractivity contribution in [2.45, 2.75) is 57.4 Å². The molecule has 27 heavy (non-hydrogen) atoms. The van der Waals surface area contributed by atoms with Crippen LogP contribution in [0.4, 0.5) is 0 Å². The Morgan fingerprint density at radius 2 is 2.15 bits per heavy atom. The van der Waals surface area contributed by atoms with Gasteiger partial charge in [0.2, 0.25) is 5.91 Å². The average molecular weight is 370 g/mol. The van der Waals surface area contributed by atoms with Gasteiger partial charge in [0, 0.05) is 45.3 Å². The third-order valence-electron chi connectivity index (χ3n) is 6.20. The van der Waals surface area contributed by atoms with Crippen molar-refractivity contribution in [3.8, 4) is 0 Å². The highest BCUT2D eigenvalue weighted by molar-refractivity contribution is 5.76. The van der Waals surface area contributed by atoms with Crippen molar-refractivity contribution >= 4 is 17.1 Å². The van der Waals surface area contributed by atoms with E-state index in [2.05, 4.69) is 9.55 Å². The van der Waals surface area contributed by atoms with E-state index in [-0.39, 0.29) is 5.92 Å². The molecule has 1 amide bonds. The van der Waals surface area contributed by atoms with Crippen molar-refractivity contribution in [1.29, 1.82) is 0 Å². The molecule has 0 N–H and O–H groups in total. The lowest BCUT2D eigenvalue weighted by Crippen LogP contribution is -2.29. The normalized spacial score (nSPS) is 20.8. The minimum Gasteiger partial charge on any atom is -0.383 e. The fraction of sp³-hybridized carbons (Fsp3) is 0.667. The molecular weight excluding hydrogens is 340 g/mol. The van der Waals surface area contributed by atoms with Gasteiger partial charge in [-0.2, -0.15) is 0 Å². The monoisotopic (exact) mass is 370 g/mol. The number of aromatic nitrogens is 3. The molecule has 4 rings (SSSR count). The number of pyridine rings is 1. The number of rotatable bonds is 7. The van der Waals surface area contributed by atoms with E-state index in [1.54, 1.807) is 7.11 Å². The van der Waals surface area contributed by atoms with Crippen LogP contribution >= 0.6 is 0 Å². The molecule has 2 fully saturated rings. The maximum absolute atomic E-state index is 12.7. The Labute approximate surface area is 160 Å². The molecule has 1 unspecified atom stereocenters. The van der Waals surface area contributed by atoms with Crippen molar-refractivity contribution < 1.29 is 9.53 Å². The number of fused-ring (bicyclic) bond motifs is 1. The highest BCUT2D eigenvalue weighted by Gasteiger charge is 2.31. The molecule has 1 aliphatic carbocycles. The second-order valence-corrected chi connectivity index (χ2v) is 7.98. The third kappa shape index (κ3) is 4.00. The zero-order valence-corrected chi connectivity index (χ0v) is 16.3. The molecular formula is C21H30N4O2. The minimum absolute atomic E-state index is 0.284. The SMILES string of the molecule is COCCn1c(C2CCN(C(=O)CCC3CCCC3)C2)nc2cccnc21. The number of carbonyl (C=O) groups excluding carboxylic acids is 1. The Hall–Kier alpha value is -1.95. The number of hydrogen-bond donors (Lipinski definition) is 0. The number of carbonyl (C=O) groups is 1. The van der Waals surface area contributed by atoms with Crippen LogP contribution in [0.5, 0.6) is 0 Å². The molecule has 2 aromatic heterocycles. The van der Waals surface area contributed by atoms with Crippen LogP contribution in [0, 0.1) is 5.92 Å². The Kier molecular flexibility index (Phi) is 5.72. The first-order chi connectivity index (χ1) is 13.3. The Morgan fingerprint density at radius 1 is 1.30 bits per heavy atom. The van der Waals surface area contributed by atoms with Crippen LogP contribution in [0.3, 0.4) is 0 Å². The smallest absolute Gasteiger partial charge is 0.222 e. The number of ether oxygens (including phenoxy) is 1. The lowest BCUT2D eigenvalue weighted by Gasteiger charge is -2.18. The van der Waals surface area contributed by atoms with Crippen LogP contribution in [0.25, 0.3) is 11.2 Å². The van der Waals surface area contributed by atoms with Gasteiger partial charge in [-0.05, 0) is 30.9 Å². The summed E-state index contributed by atoms with van der Waals surface area (Å²) in [5.41, 5.74) is 1.84. The van der Waals surface area contributed by atoms with Crippen molar-refractivity contribution in [2.24, 2.45) is 5.92 Å². The van der Waals surface area contributed by atoms with E-state index in [4.69, 9.17) is 9.72 Å². The maximum atomic E-state index is 12.7. The van der Waals surface area contributed by atoms with Gasteiger partial charge >= 0.3 is 0 Å². The van der Waals surface area contributed by atoms with Crippen LogP contribution in [0.2, 0.25) is 0 Å². The Bertz CT molecular complexity index is 782. The van der Waals surface area contributed by atoms with E-state index in [9.17, 15) is 4.79 Å². The Balaban J connectivity index is 1.44. The topological polar surface area (TPSA) is 60.2 Å². The lowest BCUT2D eigenvalue weighted by atomic mass is 10.0. The van der Waals surface area contributed by atoms with Crippen LogP contribution in [-0.4, -0.2) is 52.1 Å². The summed E-state index contributed by atoms with van der Waals surface area (Å²) in [5, 5.41) is 0. The standard InChI is InChI=1S/C21H30N4O2/c1-27-14-13-25-20(23-18-7-4-11-22-21(18)25)17-10-12-24(15-17)19(26)9-8-16-5-2-3-6-16/h4,7,11,16-17H,2-3,5-6,8-10,12-15H2,1H3. The van der Waals surface area contributed by atoms with Gasteiger partial charge in [-0.1, -0.05) is 25.7 Å². The van der Waals surface area contributed by atoms with E-state index in [1.807, 2.05) is 23.2 Å². The zero-order chi connectivity index (χ0) is 18.6. The predicted molar refractivity (Wildman–Crippen MR) is 105 cm³/mol. The minimum atomic E-state index is 0.284. The molecule has 2 aliphatic rings. The van der Waals surface area contributed by atoms with E-state index in [0.717, 1.165) is 55.4 Å². The molecule has 1 atom stereocenters. The largest absolute Gasteiger partial charge is 0.383 e. The second-order valence-electron chi connectivity index (χ2n) is 7.98. The molecule has 3 heterocycles. The summed E-state index contributed by atoms with van der Waals surface area (Å²) in [6, 6.07) is 3.93. The zero-order valence-electron chi connectivity index (χ0n) is 16.3. The number of amides is 1. The van der Waals surface area contributed by atoms with Gasteiger partial charge in [-0.25, -0.2) is 9.97 Å². The van der Waals surface area contributed by atoms with Gasteiger partial charge in [0.15, 0.2) is 5.65 Å². The number of imidazole rings is 1. The summed E-state index contributed by atoms with van der Waals surface area (Å²) in [6.07, 6.45) is 9.87. The average Bonchev–Trinajstić information content (AvgIpc) is 3.44. The van der Waals surface area contributed by atoms with Crippen LogP contribution in [0.15, 0.2) is 18.3 Å². The molecule has 0 bridgehead atoms. The Morgan fingerprint density at radius 3 is 2.96 bits per heavy atom. The highest BCUT2D eigenvalue weighted by atomic mass is 16.5. The maximum Gasteiger partial charge on any atom is 0.222 e. The summed E-state index contributed by atoms with van der Waals surface area (Å²) >= 11 is 0. The number of nitrogens with zero attached hydrogens (tertiary/aromatic N) is 4. The van der Waals surface area contributed by atoms with Gasteiger partial charge in [0.1, 0.15) is 11.3 Å². The molecule has 1 aliphatic heterocycles. The molecule has 146 valence electrons. The molecule has 1 saturated heterocycles. The summed E-state index contributed by atoms with van der Waals surface area (Å²) in [4.78, 5) is 24.1. The first-order valence-electron chi connectivity index (χ1n) is 10.3. The van der Waals surface area contributed by atoms with Gasteiger partial charge in [-0.3, -0.25) is 4.79 Å². The summed E-state index contributed by atoms with van der Waals surface area (Å²) in [5.74, 6) is 2.43. The van der Waals surface area contributed by atoms with Crippen LogP contribution < -0.4 is 0 Å². The fourth-order valence-corrected chi connectivity index (χ4v) is 4.67. The number of methoxy groups -OCH3 is 1. The summed E-state index contributed by atoms with van der Waals surface area (Å²) in [6.45, 7) is 2.99. The predicted octanol–water partition coefficient (Wildman–Crippen LogP) is 3.36. The van der Waals surface area contributed by atoms with Crippen LogP contribution in [-0.2, 0) is 16.1 Å². The quantitative estimate of drug-likeness (QED) is 0.750. The van der Waals surface area contributed by atoms with Crippen molar-refractivity contribution in [3.05, 3.63) is 24.2 Å². The van der Waals surface area contributed by atoms with Gasteiger partial charge < -0.3 is 14.2 Å². The highest BCUT2D eigenvalue weighted by Crippen LogP contribution is 2.31. The molecule has 6 nitrogen and oxygen atoms in total. The van der Waals surface area contributed by atoms with Gasteiger partial charge in [-0.15, -0.1) is 0 Å². The van der Waals surface area contributed by atoms with E-state index >= 15 is 0 Å². The van der Waals surface area contributed by atoms with Crippen molar-refractivity contribution in [3.63, 3.8) is 0 Å². The van der Waals surface area contributed by atoms with Crippen LogP contribution in [0.1, 0.15) is 56.7 Å². The third-order valence-corrected chi connectivity index (χ3v) is 6.20. The van der Waals surface area contributed by atoms with Gasteiger partial charge in [0.05, 0.1) is 6.61 Å². The van der Waals surface area contributed by atoms with Crippen molar-refractivity contribution in [1.82, 2.24) is 19.4 Å². The molecule has 0 aromatic carbocycles. The molecule has 6 heteroatoms. The molecule has 1 saturated carbocycles. The van der Waals surface area contributed by atoms with E-state index in [0.29, 0.717) is 18.9 Å². The van der Waals surface area contributed by atoms with E-state index in [1.165, 1.54) is 25.7 Å². The second kappa shape index (κ2) is 8.38. The first kappa shape index (κ1) is 18.4. The fourth-order valence-electron chi connectivity index (χ4n) is 4.67. The van der Waals surface area contributed by atoms with Gasteiger partial charge in [0.25, 0.3) is 0 Å². The summed E-state index contributed by atoms with van der Waals surface area (Å²) < 4.78 is 7.46. The molecule has 0 radical (unpaired) electrons.